The van der Waals surface area contributed by atoms with E-state index >= 15 is 0 Å². The minimum Gasteiger partial charge on any atom is -0.396 e. The van der Waals surface area contributed by atoms with Gasteiger partial charge in [-0.1, -0.05) is 37.3 Å². The first-order chi connectivity index (χ1) is 16.1. The van der Waals surface area contributed by atoms with E-state index in [0.29, 0.717) is 25.2 Å². The van der Waals surface area contributed by atoms with E-state index in [2.05, 4.69) is 0 Å². The van der Waals surface area contributed by atoms with Crippen molar-refractivity contribution in [2.45, 2.75) is 51.2 Å². The second-order valence-corrected chi connectivity index (χ2v) is 9.39. The second-order valence-electron chi connectivity index (χ2n) is 9.39. The first kappa shape index (κ1) is 21.9. The maximum Gasteiger partial charge on any atom is 0.258 e. The van der Waals surface area contributed by atoms with E-state index in [4.69, 9.17) is 0 Å². The van der Waals surface area contributed by atoms with Gasteiger partial charge in [-0.05, 0) is 37.0 Å². The quantitative estimate of drug-likeness (QED) is 0.777. The molecule has 174 valence electrons. The number of carbonyl (C=O) groups is 2. The van der Waals surface area contributed by atoms with Crippen LogP contribution in [0.25, 0.3) is 11.1 Å². The molecule has 3 aliphatic rings. The largest absolute Gasteiger partial charge is 0.396 e. The summed E-state index contributed by atoms with van der Waals surface area (Å²) in [4.78, 5) is 43.8. The number of aliphatic hydroxyl groups is 1. The number of pyridine rings is 1. The van der Waals surface area contributed by atoms with Crippen molar-refractivity contribution in [3.8, 4) is 11.1 Å². The van der Waals surface area contributed by atoms with E-state index in [1.807, 2.05) is 47.4 Å². The number of benzene rings is 1. The summed E-state index contributed by atoms with van der Waals surface area (Å²) in [5, 5.41) is 10.4. The number of aromatic nitrogens is 1. The normalized spacial score (nSPS) is 26.2. The predicted molar refractivity (Wildman–Crippen MR) is 124 cm³/mol. The average Bonchev–Trinajstić information content (AvgIpc) is 3.39. The lowest BCUT2D eigenvalue weighted by Gasteiger charge is -2.36. The number of amides is 2. The van der Waals surface area contributed by atoms with E-state index in [1.54, 1.807) is 16.4 Å². The van der Waals surface area contributed by atoms with Gasteiger partial charge in [0.05, 0.1) is 6.04 Å². The van der Waals surface area contributed by atoms with Gasteiger partial charge < -0.3 is 19.5 Å². The molecule has 0 aliphatic carbocycles. The van der Waals surface area contributed by atoms with Crippen molar-refractivity contribution < 1.29 is 14.7 Å². The van der Waals surface area contributed by atoms with Crippen LogP contribution in [0.5, 0.6) is 0 Å². The third-order valence-electron chi connectivity index (χ3n) is 7.67. The van der Waals surface area contributed by atoms with Gasteiger partial charge in [0.1, 0.15) is 6.04 Å². The number of hydrogen-bond acceptors (Lipinski definition) is 4. The minimum absolute atomic E-state index is 0.0558. The molecule has 2 fully saturated rings. The molecule has 0 bridgehead atoms. The summed E-state index contributed by atoms with van der Waals surface area (Å²) in [5.74, 6) is -0.716. The zero-order valence-electron chi connectivity index (χ0n) is 19.0. The summed E-state index contributed by atoms with van der Waals surface area (Å²) in [6.07, 6.45) is 3.33. The molecule has 1 aromatic heterocycles. The highest BCUT2D eigenvalue weighted by Crippen LogP contribution is 2.50. The molecule has 3 aliphatic heterocycles. The van der Waals surface area contributed by atoms with Gasteiger partial charge >= 0.3 is 0 Å². The SMILES string of the molecule is CCC(=O)N1[C@@H]2c3ccc(-c4ccccc4)c(=O)n3C[C@@H]2[C@@H](CO)[C@@H]1C(=O)N1CCCCC1. The molecule has 4 heterocycles. The smallest absolute Gasteiger partial charge is 0.258 e. The summed E-state index contributed by atoms with van der Waals surface area (Å²) in [6.45, 7) is 3.42. The number of carbonyl (C=O) groups excluding carboxylic acids is 2. The van der Waals surface area contributed by atoms with Gasteiger partial charge in [0, 0.05) is 55.8 Å². The van der Waals surface area contributed by atoms with E-state index in [1.165, 1.54) is 0 Å². The van der Waals surface area contributed by atoms with Crippen LogP contribution in [0.4, 0.5) is 0 Å². The van der Waals surface area contributed by atoms with Gasteiger partial charge in [-0.2, -0.15) is 0 Å². The Balaban J connectivity index is 1.56. The number of aliphatic hydroxyl groups excluding tert-OH is 1. The molecule has 7 heteroatoms. The zero-order valence-corrected chi connectivity index (χ0v) is 19.0. The first-order valence-corrected chi connectivity index (χ1v) is 12.1. The van der Waals surface area contributed by atoms with Crippen LogP contribution >= 0.6 is 0 Å². The predicted octanol–water partition coefficient (Wildman–Crippen LogP) is 2.43. The summed E-state index contributed by atoms with van der Waals surface area (Å²) in [5.41, 5.74) is 2.15. The molecule has 0 saturated carbocycles. The monoisotopic (exact) mass is 449 g/mol. The van der Waals surface area contributed by atoms with Crippen molar-refractivity contribution in [2.75, 3.05) is 19.7 Å². The third kappa shape index (κ3) is 3.50. The Kier molecular flexibility index (Phi) is 5.83. The summed E-state index contributed by atoms with van der Waals surface area (Å²) in [6, 6.07) is 12.3. The molecule has 0 spiro atoms. The van der Waals surface area contributed by atoms with Gasteiger partial charge in [-0.25, -0.2) is 0 Å². The average molecular weight is 450 g/mol. The number of nitrogens with zero attached hydrogens (tertiary/aromatic N) is 3. The second kappa shape index (κ2) is 8.78. The molecule has 7 nitrogen and oxygen atoms in total. The van der Waals surface area contributed by atoms with Gasteiger partial charge in [-0.3, -0.25) is 14.4 Å². The van der Waals surface area contributed by atoms with Crippen LogP contribution in [0.3, 0.4) is 0 Å². The Labute approximate surface area is 193 Å². The maximum atomic E-state index is 13.6. The van der Waals surface area contributed by atoms with Crippen LogP contribution in [0, 0.1) is 11.8 Å². The van der Waals surface area contributed by atoms with Crippen LogP contribution in [-0.4, -0.2) is 57.0 Å². The van der Waals surface area contributed by atoms with Crippen LogP contribution in [0.1, 0.15) is 44.3 Å². The lowest BCUT2D eigenvalue weighted by molar-refractivity contribution is -0.147. The van der Waals surface area contributed by atoms with Crippen molar-refractivity contribution in [1.82, 2.24) is 14.4 Å². The Morgan fingerprint density at radius 3 is 2.42 bits per heavy atom. The standard InChI is InChI=1S/C26H31N3O4/c1-2-22(31)29-23-19(20(16-30)24(29)26(33)27-13-7-4-8-14-27)15-28-21(23)12-11-18(25(28)32)17-9-5-3-6-10-17/h3,5-6,9-12,19-20,23-24,30H,2,4,7-8,13-16H2,1H3/t19-,20-,23+,24-/m1/s1. The first-order valence-electron chi connectivity index (χ1n) is 12.1. The number of rotatable bonds is 4. The molecule has 0 unspecified atom stereocenters. The molecular formula is C26H31N3O4. The Morgan fingerprint density at radius 2 is 1.76 bits per heavy atom. The van der Waals surface area contributed by atoms with Crippen molar-refractivity contribution in [1.29, 1.82) is 0 Å². The fraction of sp³-hybridized carbons (Fsp3) is 0.500. The molecule has 2 aromatic rings. The van der Waals surface area contributed by atoms with Crippen molar-refractivity contribution >= 4 is 11.8 Å². The lowest BCUT2D eigenvalue weighted by Crippen LogP contribution is -2.52. The molecule has 4 atom stereocenters. The molecule has 0 radical (unpaired) electrons. The van der Waals surface area contributed by atoms with E-state index in [9.17, 15) is 19.5 Å². The molecule has 2 amide bonds. The lowest BCUT2D eigenvalue weighted by atomic mass is 9.88. The van der Waals surface area contributed by atoms with Crippen molar-refractivity contribution in [3.63, 3.8) is 0 Å². The van der Waals surface area contributed by atoms with Gasteiger partial charge in [0.25, 0.3) is 5.56 Å². The molecule has 1 N–H and O–H groups in total. The number of piperidine rings is 1. The highest BCUT2D eigenvalue weighted by Gasteiger charge is 2.57. The Hall–Kier alpha value is -2.93. The number of likely N-dealkylation sites (tertiary alicyclic amines) is 2. The van der Waals surface area contributed by atoms with Crippen LogP contribution in [0.2, 0.25) is 0 Å². The Bertz CT molecular complexity index is 1110. The van der Waals surface area contributed by atoms with E-state index in [-0.39, 0.29) is 48.3 Å². The number of fused-ring (bicyclic) bond motifs is 3. The van der Waals surface area contributed by atoms with E-state index in [0.717, 1.165) is 30.5 Å². The minimum atomic E-state index is -0.673. The topological polar surface area (TPSA) is 82.9 Å². The third-order valence-corrected chi connectivity index (χ3v) is 7.67. The zero-order chi connectivity index (χ0) is 23.1. The van der Waals surface area contributed by atoms with Gasteiger partial charge in [0.15, 0.2) is 0 Å². The maximum absolute atomic E-state index is 13.6. The van der Waals surface area contributed by atoms with Gasteiger partial charge in [0.2, 0.25) is 11.8 Å². The molecule has 33 heavy (non-hydrogen) atoms. The molecule has 5 rings (SSSR count). The fourth-order valence-electron chi connectivity index (χ4n) is 6.07. The molecule has 2 saturated heterocycles. The molecular weight excluding hydrogens is 418 g/mol. The highest BCUT2D eigenvalue weighted by atomic mass is 16.3. The van der Waals surface area contributed by atoms with Crippen molar-refractivity contribution in [3.05, 3.63) is 58.5 Å². The summed E-state index contributed by atoms with van der Waals surface area (Å²) < 4.78 is 1.75. The Morgan fingerprint density at radius 1 is 1.03 bits per heavy atom. The summed E-state index contributed by atoms with van der Waals surface area (Å²) in [7, 11) is 0. The van der Waals surface area contributed by atoms with Gasteiger partial charge in [-0.15, -0.1) is 0 Å². The molecule has 1 aromatic carbocycles. The fourth-order valence-corrected chi connectivity index (χ4v) is 6.07. The summed E-state index contributed by atoms with van der Waals surface area (Å²) >= 11 is 0. The van der Waals surface area contributed by atoms with Crippen LogP contribution in [-0.2, 0) is 16.1 Å². The van der Waals surface area contributed by atoms with Crippen LogP contribution in [0.15, 0.2) is 47.3 Å². The van der Waals surface area contributed by atoms with Crippen molar-refractivity contribution in [2.24, 2.45) is 11.8 Å². The van der Waals surface area contributed by atoms with E-state index < -0.39 is 6.04 Å². The highest BCUT2D eigenvalue weighted by molar-refractivity contribution is 5.89. The van der Waals surface area contributed by atoms with Crippen LogP contribution < -0.4 is 5.56 Å². The number of hydrogen-bond donors (Lipinski definition) is 1.